The van der Waals surface area contributed by atoms with Gasteiger partial charge < -0.3 is 15.1 Å². The molecule has 2 aromatic heterocycles. The lowest BCUT2D eigenvalue weighted by molar-refractivity contribution is 0.0936. The molecule has 0 aromatic carbocycles. The molecule has 0 radical (unpaired) electrons. The summed E-state index contributed by atoms with van der Waals surface area (Å²) in [4.78, 5) is 16.3. The summed E-state index contributed by atoms with van der Waals surface area (Å²) in [7, 11) is 0. The Morgan fingerprint density at radius 2 is 2.56 bits per heavy atom. The first kappa shape index (κ1) is 11.4. The minimum atomic E-state index is -0.102. The summed E-state index contributed by atoms with van der Waals surface area (Å²) in [6.07, 6.45) is 4.20. The molecule has 1 amide bonds. The van der Waals surface area contributed by atoms with Crippen molar-refractivity contribution in [3.8, 4) is 10.6 Å². The number of amides is 1. The van der Waals surface area contributed by atoms with E-state index in [9.17, 15) is 4.79 Å². The molecule has 2 N–H and O–H groups in total. The molecule has 0 spiro atoms. The second-order valence-corrected chi connectivity index (χ2v) is 5.07. The molecule has 2 aromatic rings. The minimum Gasteiger partial charge on any atom is -0.472 e. The Morgan fingerprint density at radius 3 is 3.28 bits per heavy atom. The second-order valence-electron chi connectivity index (χ2n) is 4.21. The SMILES string of the molecule is O=C(NC1CCNC1)c1csc(-c2ccoc2)n1. The molecule has 0 aliphatic carbocycles. The smallest absolute Gasteiger partial charge is 0.271 e. The summed E-state index contributed by atoms with van der Waals surface area (Å²) in [5, 5.41) is 8.77. The van der Waals surface area contributed by atoms with Crippen molar-refractivity contribution in [3.63, 3.8) is 0 Å². The van der Waals surface area contributed by atoms with Crippen molar-refractivity contribution in [1.82, 2.24) is 15.6 Å². The van der Waals surface area contributed by atoms with Crippen molar-refractivity contribution in [2.24, 2.45) is 0 Å². The van der Waals surface area contributed by atoms with Gasteiger partial charge in [0.15, 0.2) is 0 Å². The lowest BCUT2D eigenvalue weighted by Gasteiger charge is -2.09. The van der Waals surface area contributed by atoms with E-state index in [0.29, 0.717) is 5.69 Å². The van der Waals surface area contributed by atoms with Crippen LogP contribution in [0.4, 0.5) is 0 Å². The van der Waals surface area contributed by atoms with Gasteiger partial charge in [0.25, 0.3) is 5.91 Å². The zero-order valence-corrected chi connectivity index (χ0v) is 10.5. The highest BCUT2D eigenvalue weighted by molar-refractivity contribution is 7.13. The van der Waals surface area contributed by atoms with Gasteiger partial charge in [-0.25, -0.2) is 4.98 Å². The molecule has 1 atom stereocenters. The van der Waals surface area contributed by atoms with Crippen molar-refractivity contribution in [1.29, 1.82) is 0 Å². The number of carbonyl (C=O) groups is 1. The van der Waals surface area contributed by atoms with Crippen LogP contribution in [0, 0.1) is 0 Å². The summed E-state index contributed by atoms with van der Waals surface area (Å²) in [5.41, 5.74) is 1.38. The van der Waals surface area contributed by atoms with Crippen molar-refractivity contribution in [2.75, 3.05) is 13.1 Å². The molecular formula is C12H13N3O2S. The third-order valence-corrected chi connectivity index (χ3v) is 3.79. The van der Waals surface area contributed by atoms with Crippen LogP contribution in [0.25, 0.3) is 10.6 Å². The van der Waals surface area contributed by atoms with E-state index in [0.717, 1.165) is 30.1 Å². The van der Waals surface area contributed by atoms with Gasteiger partial charge in [-0.3, -0.25) is 4.79 Å². The number of hydrogen-bond donors (Lipinski definition) is 2. The highest BCUT2D eigenvalue weighted by atomic mass is 32.1. The van der Waals surface area contributed by atoms with E-state index in [4.69, 9.17) is 4.42 Å². The van der Waals surface area contributed by atoms with Gasteiger partial charge in [-0.1, -0.05) is 0 Å². The van der Waals surface area contributed by atoms with E-state index in [-0.39, 0.29) is 11.9 Å². The number of rotatable bonds is 3. The number of aromatic nitrogens is 1. The average molecular weight is 263 g/mol. The quantitative estimate of drug-likeness (QED) is 0.880. The van der Waals surface area contributed by atoms with Gasteiger partial charge in [0.2, 0.25) is 0 Å². The first-order chi connectivity index (χ1) is 8.83. The molecule has 94 valence electrons. The van der Waals surface area contributed by atoms with E-state index in [2.05, 4.69) is 15.6 Å². The van der Waals surface area contributed by atoms with Crippen LogP contribution < -0.4 is 10.6 Å². The molecule has 1 aliphatic heterocycles. The summed E-state index contributed by atoms with van der Waals surface area (Å²) in [6.45, 7) is 1.80. The van der Waals surface area contributed by atoms with Crippen LogP contribution in [0.1, 0.15) is 16.9 Å². The fourth-order valence-corrected chi connectivity index (χ4v) is 2.72. The standard InChI is InChI=1S/C12H13N3O2S/c16-11(14-9-1-3-13-5-9)10-7-18-12(15-10)8-2-4-17-6-8/h2,4,6-7,9,13H,1,3,5H2,(H,14,16). The van der Waals surface area contributed by atoms with Crippen LogP contribution >= 0.6 is 11.3 Å². The van der Waals surface area contributed by atoms with Gasteiger partial charge >= 0.3 is 0 Å². The first-order valence-corrected chi connectivity index (χ1v) is 6.70. The van der Waals surface area contributed by atoms with Crippen LogP contribution in [0.15, 0.2) is 28.4 Å². The van der Waals surface area contributed by atoms with Crippen molar-refractivity contribution < 1.29 is 9.21 Å². The van der Waals surface area contributed by atoms with E-state index < -0.39 is 0 Å². The molecule has 1 saturated heterocycles. The third-order valence-electron chi connectivity index (χ3n) is 2.90. The maximum absolute atomic E-state index is 12.0. The van der Waals surface area contributed by atoms with Crippen LogP contribution in [-0.4, -0.2) is 30.0 Å². The Balaban J connectivity index is 1.70. The third kappa shape index (κ3) is 2.30. The lowest BCUT2D eigenvalue weighted by Crippen LogP contribution is -2.36. The lowest BCUT2D eigenvalue weighted by atomic mass is 10.2. The normalized spacial score (nSPS) is 19.0. The number of nitrogens with one attached hydrogen (secondary N) is 2. The molecule has 3 rings (SSSR count). The Morgan fingerprint density at radius 1 is 1.61 bits per heavy atom. The van der Waals surface area contributed by atoms with E-state index in [1.165, 1.54) is 11.3 Å². The summed E-state index contributed by atoms with van der Waals surface area (Å²) >= 11 is 1.45. The summed E-state index contributed by atoms with van der Waals surface area (Å²) in [6, 6.07) is 2.05. The van der Waals surface area contributed by atoms with Crippen LogP contribution in [0.5, 0.6) is 0 Å². The minimum absolute atomic E-state index is 0.102. The first-order valence-electron chi connectivity index (χ1n) is 5.82. The van der Waals surface area contributed by atoms with Crippen molar-refractivity contribution >= 4 is 17.2 Å². The number of thiazole rings is 1. The Bertz CT molecular complexity index is 529. The topological polar surface area (TPSA) is 67.2 Å². The molecule has 0 saturated carbocycles. The van der Waals surface area contributed by atoms with Crippen molar-refractivity contribution in [3.05, 3.63) is 29.7 Å². The zero-order chi connectivity index (χ0) is 12.4. The van der Waals surface area contributed by atoms with Gasteiger partial charge in [0, 0.05) is 23.5 Å². The molecular weight excluding hydrogens is 250 g/mol. The molecule has 1 unspecified atom stereocenters. The zero-order valence-electron chi connectivity index (χ0n) is 9.68. The maximum atomic E-state index is 12.0. The molecule has 18 heavy (non-hydrogen) atoms. The second kappa shape index (κ2) is 4.91. The molecule has 1 fully saturated rings. The molecule has 3 heterocycles. The number of carbonyl (C=O) groups excluding carboxylic acids is 1. The number of hydrogen-bond acceptors (Lipinski definition) is 5. The summed E-state index contributed by atoms with van der Waals surface area (Å²) < 4.78 is 5.00. The predicted octanol–water partition coefficient (Wildman–Crippen LogP) is 1.49. The fraction of sp³-hybridized carbons (Fsp3) is 0.333. The van der Waals surface area contributed by atoms with Gasteiger partial charge in [-0.2, -0.15) is 0 Å². The van der Waals surface area contributed by atoms with Crippen LogP contribution in [0.3, 0.4) is 0 Å². The van der Waals surface area contributed by atoms with Gasteiger partial charge in [0.1, 0.15) is 17.0 Å². The number of furan rings is 1. The van der Waals surface area contributed by atoms with E-state index in [1.807, 2.05) is 6.07 Å². The van der Waals surface area contributed by atoms with Gasteiger partial charge in [-0.05, 0) is 19.0 Å². The molecule has 5 nitrogen and oxygen atoms in total. The van der Waals surface area contributed by atoms with Gasteiger partial charge in [0.05, 0.1) is 6.26 Å². The average Bonchev–Trinajstić information content (AvgIpc) is 3.11. The Labute approximate surface area is 108 Å². The van der Waals surface area contributed by atoms with Crippen LogP contribution in [-0.2, 0) is 0 Å². The predicted molar refractivity (Wildman–Crippen MR) is 68.6 cm³/mol. The largest absolute Gasteiger partial charge is 0.472 e. The fourth-order valence-electron chi connectivity index (χ4n) is 1.93. The highest BCUT2D eigenvalue weighted by Gasteiger charge is 2.19. The van der Waals surface area contributed by atoms with E-state index >= 15 is 0 Å². The molecule has 1 aliphatic rings. The van der Waals surface area contributed by atoms with Gasteiger partial charge in [-0.15, -0.1) is 11.3 Å². The van der Waals surface area contributed by atoms with Crippen LogP contribution in [0.2, 0.25) is 0 Å². The highest BCUT2D eigenvalue weighted by Crippen LogP contribution is 2.23. The Hall–Kier alpha value is -1.66. The molecule has 6 heteroatoms. The molecule has 0 bridgehead atoms. The Kier molecular flexibility index (Phi) is 3.12. The number of nitrogens with zero attached hydrogens (tertiary/aromatic N) is 1. The maximum Gasteiger partial charge on any atom is 0.271 e. The monoisotopic (exact) mass is 263 g/mol. The van der Waals surface area contributed by atoms with Crippen molar-refractivity contribution in [2.45, 2.75) is 12.5 Å². The van der Waals surface area contributed by atoms with E-state index in [1.54, 1.807) is 17.9 Å². The summed E-state index contributed by atoms with van der Waals surface area (Å²) in [5.74, 6) is -0.102.